The summed E-state index contributed by atoms with van der Waals surface area (Å²) in [7, 11) is 2.97. The van der Waals surface area contributed by atoms with Crippen LogP contribution in [0.2, 0.25) is 0 Å². The quantitative estimate of drug-likeness (QED) is 0.522. The molecular weight excluding hydrogens is 184 g/mol. The number of carbonyl (C=O) groups excluding carboxylic acids is 2. The third-order valence-electron chi connectivity index (χ3n) is 1.98. The summed E-state index contributed by atoms with van der Waals surface area (Å²) < 4.78 is 6.02. The van der Waals surface area contributed by atoms with Gasteiger partial charge in [0.05, 0.1) is 13.0 Å². The molecule has 0 saturated carbocycles. The molecule has 0 radical (unpaired) electrons. The second kappa shape index (κ2) is 4.04. The average molecular weight is 196 g/mol. The predicted molar refractivity (Wildman–Crippen MR) is 49.0 cm³/mol. The number of carbonyl (C=O) groups is 2. The molecule has 0 aromatic carbocycles. The molecule has 0 spiro atoms. The lowest BCUT2D eigenvalue weighted by atomic mass is 10.1. The molecule has 1 aromatic rings. The van der Waals surface area contributed by atoms with Gasteiger partial charge in [-0.05, 0) is 6.07 Å². The Morgan fingerprint density at radius 3 is 2.86 bits per heavy atom. The van der Waals surface area contributed by atoms with Crippen molar-refractivity contribution in [2.45, 2.75) is 12.8 Å². The number of hydrogen-bond acceptors (Lipinski definition) is 4. The minimum Gasteiger partial charge on any atom is -0.464 e. The Bertz CT molecular complexity index is 357. The maximum absolute atomic E-state index is 11.1. The van der Waals surface area contributed by atoms with E-state index in [0.717, 1.165) is 6.29 Å². The van der Waals surface area contributed by atoms with E-state index in [2.05, 4.69) is 9.84 Å². The summed E-state index contributed by atoms with van der Waals surface area (Å²) in [6.45, 7) is 1.74. The van der Waals surface area contributed by atoms with Crippen molar-refractivity contribution >= 4 is 12.3 Å². The molecule has 76 valence electrons. The van der Waals surface area contributed by atoms with Crippen LogP contribution in [-0.2, 0) is 16.6 Å². The van der Waals surface area contributed by atoms with Gasteiger partial charge in [0.25, 0.3) is 0 Å². The zero-order chi connectivity index (χ0) is 10.7. The summed E-state index contributed by atoms with van der Waals surface area (Å²) in [5, 5.41) is 3.93. The highest BCUT2D eigenvalue weighted by Gasteiger charge is 2.16. The van der Waals surface area contributed by atoms with Crippen LogP contribution < -0.4 is 0 Å². The minimum absolute atomic E-state index is 0.221. The fourth-order valence-corrected chi connectivity index (χ4v) is 1.18. The van der Waals surface area contributed by atoms with Gasteiger partial charge < -0.3 is 9.53 Å². The zero-order valence-electron chi connectivity index (χ0n) is 8.35. The monoisotopic (exact) mass is 196 g/mol. The molecule has 0 aliphatic heterocycles. The molecule has 1 atom stereocenters. The third-order valence-corrected chi connectivity index (χ3v) is 1.98. The van der Waals surface area contributed by atoms with Crippen molar-refractivity contribution in [1.82, 2.24) is 9.78 Å². The molecule has 1 rings (SSSR count). The second-order valence-corrected chi connectivity index (χ2v) is 2.99. The van der Waals surface area contributed by atoms with Crippen LogP contribution in [0.3, 0.4) is 0 Å². The minimum atomic E-state index is -0.495. The lowest BCUT2D eigenvalue weighted by molar-refractivity contribution is -0.108. The summed E-state index contributed by atoms with van der Waals surface area (Å²) in [6.07, 6.45) is 0.804. The maximum Gasteiger partial charge on any atom is 0.358 e. The summed E-state index contributed by atoms with van der Waals surface area (Å²) in [4.78, 5) is 21.7. The van der Waals surface area contributed by atoms with E-state index in [1.165, 1.54) is 11.8 Å². The number of aldehydes is 1. The standard InChI is InChI=1S/C9H12N2O3/c1-6(5-12)8-4-7(9(13)14-3)10-11(8)2/h4-6H,1-3H3. The van der Waals surface area contributed by atoms with Crippen molar-refractivity contribution < 1.29 is 14.3 Å². The SMILES string of the molecule is COC(=O)c1cc(C(C)C=O)n(C)n1. The molecular formula is C9H12N2O3. The van der Waals surface area contributed by atoms with Crippen LogP contribution in [0.15, 0.2) is 6.07 Å². The normalized spacial score (nSPS) is 12.2. The largest absolute Gasteiger partial charge is 0.464 e. The molecule has 0 bridgehead atoms. The number of nitrogens with zero attached hydrogens (tertiary/aromatic N) is 2. The molecule has 0 saturated heterocycles. The van der Waals surface area contributed by atoms with Crippen LogP contribution >= 0.6 is 0 Å². The number of methoxy groups -OCH3 is 1. The summed E-state index contributed by atoms with van der Waals surface area (Å²) >= 11 is 0. The molecule has 1 unspecified atom stereocenters. The van der Waals surface area contributed by atoms with Crippen LogP contribution in [0, 0.1) is 0 Å². The number of aromatic nitrogens is 2. The van der Waals surface area contributed by atoms with Crippen LogP contribution in [-0.4, -0.2) is 29.1 Å². The smallest absolute Gasteiger partial charge is 0.358 e. The van der Waals surface area contributed by atoms with Gasteiger partial charge in [-0.1, -0.05) is 6.92 Å². The van der Waals surface area contributed by atoms with Gasteiger partial charge >= 0.3 is 5.97 Å². The summed E-state index contributed by atoms with van der Waals surface area (Å²) in [5.41, 5.74) is 0.916. The zero-order valence-corrected chi connectivity index (χ0v) is 8.35. The van der Waals surface area contributed by atoms with Crippen molar-refractivity contribution in [2.75, 3.05) is 7.11 Å². The van der Waals surface area contributed by atoms with Gasteiger partial charge in [0, 0.05) is 12.7 Å². The highest BCUT2D eigenvalue weighted by atomic mass is 16.5. The van der Waals surface area contributed by atoms with Crippen LogP contribution in [0.25, 0.3) is 0 Å². The lowest BCUT2D eigenvalue weighted by Gasteiger charge is -2.01. The molecule has 5 nitrogen and oxygen atoms in total. The van der Waals surface area contributed by atoms with Crippen molar-refractivity contribution in [3.8, 4) is 0 Å². The van der Waals surface area contributed by atoms with Crippen molar-refractivity contribution in [2.24, 2.45) is 7.05 Å². The first-order chi connectivity index (χ1) is 6.60. The van der Waals surface area contributed by atoms with Crippen LogP contribution in [0.1, 0.15) is 29.0 Å². The molecule has 0 N–H and O–H groups in total. The average Bonchev–Trinajstić information content (AvgIpc) is 2.58. The van der Waals surface area contributed by atoms with Crippen molar-refractivity contribution in [3.63, 3.8) is 0 Å². The topological polar surface area (TPSA) is 61.2 Å². The van der Waals surface area contributed by atoms with Gasteiger partial charge in [-0.15, -0.1) is 0 Å². The maximum atomic E-state index is 11.1. The summed E-state index contributed by atoms with van der Waals surface area (Å²) in [6, 6.07) is 1.56. The molecule has 5 heteroatoms. The Morgan fingerprint density at radius 2 is 2.36 bits per heavy atom. The van der Waals surface area contributed by atoms with Gasteiger partial charge in [0.1, 0.15) is 6.29 Å². The Balaban J connectivity index is 3.04. The predicted octanol–water partition coefficient (Wildman–Crippen LogP) is 0.509. The molecule has 1 aromatic heterocycles. The Hall–Kier alpha value is -1.65. The van der Waals surface area contributed by atoms with E-state index in [-0.39, 0.29) is 11.6 Å². The fourth-order valence-electron chi connectivity index (χ4n) is 1.18. The third kappa shape index (κ3) is 1.81. The van der Waals surface area contributed by atoms with E-state index in [1.54, 1.807) is 20.0 Å². The number of ether oxygens (including phenoxy) is 1. The number of rotatable bonds is 3. The van der Waals surface area contributed by atoms with E-state index in [4.69, 9.17) is 0 Å². The molecule has 0 fully saturated rings. The molecule has 1 heterocycles. The Morgan fingerprint density at radius 1 is 1.71 bits per heavy atom. The Labute approximate surface area is 81.7 Å². The van der Waals surface area contributed by atoms with Gasteiger partial charge in [-0.2, -0.15) is 5.10 Å². The molecule has 14 heavy (non-hydrogen) atoms. The molecule has 0 aliphatic rings. The van der Waals surface area contributed by atoms with Gasteiger partial charge in [0.15, 0.2) is 5.69 Å². The molecule has 0 amide bonds. The fraction of sp³-hybridized carbons (Fsp3) is 0.444. The second-order valence-electron chi connectivity index (χ2n) is 2.99. The molecule has 0 aliphatic carbocycles. The van der Waals surface area contributed by atoms with E-state index in [9.17, 15) is 9.59 Å². The van der Waals surface area contributed by atoms with Gasteiger partial charge in [0.2, 0.25) is 0 Å². The first kappa shape index (κ1) is 10.4. The Kier molecular flexibility index (Phi) is 3.01. The first-order valence-electron chi connectivity index (χ1n) is 4.17. The van der Waals surface area contributed by atoms with E-state index in [1.807, 2.05) is 0 Å². The van der Waals surface area contributed by atoms with E-state index in [0.29, 0.717) is 5.69 Å². The van der Waals surface area contributed by atoms with Crippen molar-refractivity contribution in [1.29, 1.82) is 0 Å². The lowest BCUT2D eigenvalue weighted by Crippen LogP contribution is -2.04. The van der Waals surface area contributed by atoms with Crippen LogP contribution in [0.5, 0.6) is 0 Å². The van der Waals surface area contributed by atoms with Crippen molar-refractivity contribution in [3.05, 3.63) is 17.5 Å². The van der Waals surface area contributed by atoms with Gasteiger partial charge in [-0.3, -0.25) is 4.68 Å². The number of hydrogen-bond donors (Lipinski definition) is 0. The highest BCUT2D eigenvalue weighted by molar-refractivity contribution is 5.87. The van der Waals surface area contributed by atoms with E-state index >= 15 is 0 Å². The van der Waals surface area contributed by atoms with Crippen LogP contribution in [0.4, 0.5) is 0 Å². The highest BCUT2D eigenvalue weighted by Crippen LogP contribution is 2.13. The van der Waals surface area contributed by atoms with E-state index < -0.39 is 5.97 Å². The van der Waals surface area contributed by atoms with Gasteiger partial charge in [-0.25, -0.2) is 4.79 Å². The first-order valence-corrected chi connectivity index (χ1v) is 4.17. The number of aryl methyl sites for hydroxylation is 1. The summed E-state index contributed by atoms with van der Waals surface area (Å²) in [5.74, 6) is -0.768. The number of esters is 1.